The van der Waals surface area contributed by atoms with Gasteiger partial charge in [-0.3, -0.25) is 4.90 Å². The smallest absolute Gasteiger partial charge is 0.258 e. The zero-order valence-electron chi connectivity index (χ0n) is 17.8. The molecule has 1 fully saturated rings. The number of nitrogens with one attached hydrogen (secondary N) is 1. The van der Waals surface area contributed by atoms with E-state index in [0.29, 0.717) is 11.7 Å². The molecule has 1 atom stereocenters. The van der Waals surface area contributed by atoms with Crippen LogP contribution in [0.25, 0.3) is 11.5 Å². The van der Waals surface area contributed by atoms with Crippen LogP contribution in [0.2, 0.25) is 0 Å². The Kier molecular flexibility index (Phi) is 6.40. The molecule has 0 radical (unpaired) electrons. The van der Waals surface area contributed by atoms with Gasteiger partial charge in [0.25, 0.3) is 5.89 Å². The van der Waals surface area contributed by atoms with E-state index in [-0.39, 0.29) is 12.0 Å². The summed E-state index contributed by atoms with van der Waals surface area (Å²) in [7, 11) is 0. The SMILES string of the molecule is Cc1ccc(C(CNc2cc(-c3nc(C(C)C)no3)ccn2)N2CCOCC2)cc1. The van der Waals surface area contributed by atoms with Crippen molar-refractivity contribution >= 4 is 5.82 Å². The number of aromatic nitrogens is 3. The van der Waals surface area contributed by atoms with Crippen LogP contribution >= 0.6 is 0 Å². The molecule has 30 heavy (non-hydrogen) atoms. The van der Waals surface area contributed by atoms with Crippen molar-refractivity contribution in [2.75, 3.05) is 38.2 Å². The highest BCUT2D eigenvalue weighted by molar-refractivity contribution is 5.58. The van der Waals surface area contributed by atoms with Crippen molar-refractivity contribution in [3.63, 3.8) is 0 Å². The van der Waals surface area contributed by atoms with Crippen LogP contribution in [0.5, 0.6) is 0 Å². The number of ether oxygens (including phenoxy) is 1. The Labute approximate surface area is 177 Å². The number of morpholine rings is 1. The first-order valence-electron chi connectivity index (χ1n) is 10.5. The molecule has 1 saturated heterocycles. The molecule has 0 spiro atoms. The maximum Gasteiger partial charge on any atom is 0.258 e. The first-order valence-corrected chi connectivity index (χ1v) is 10.5. The minimum absolute atomic E-state index is 0.228. The Morgan fingerprint density at radius 1 is 1.10 bits per heavy atom. The van der Waals surface area contributed by atoms with Crippen molar-refractivity contribution in [2.24, 2.45) is 0 Å². The Bertz CT molecular complexity index is 948. The fourth-order valence-corrected chi connectivity index (χ4v) is 3.58. The largest absolute Gasteiger partial charge is 0.379 e. The summed E-state index contributed by atoms with van der Waals surface area (Å²) in [4.78, 5) is 11.4. The number of aryl methyl sites for hydroxylation is 1. The van der Waals surface area contributed by atoms with Gasteiger partial charge in [-0.25, -0.2) is 4.98 Å². The predicted molar refractivity (Wildman–Crippen MR) is 116 cm³/mol. The number of nitrogens with zero attached hydrogens (tertiary/aromatic N) is 4. The van der Waals surface area contributed by atoms with Gasteiger partial charge in [0.1, 0.15) is 5.82 Å². The van der Waals surface area contributed by atoms with Crippen molar-refractivity contribution in [3.8, 4) is 11.5 Å². The Morgan fingerprint density at radius 3 is 2.57 bits per heavy atom. The highest BCUT2D eigenvalue weighted by Gasteiger charge is 2.23. The van der Waals surface area contributed by atoms with Crippen molar-refractivity contribution in [3.05, 3.63) is 59.5 Å². The molecule has 0 saturated carbocycles. The molecule has 2 aromatic heterocycles. The third-order valence-electron chi connectivity index (χ3n) is 5.39. The predicted octanol–water partition coefficient (Wildman–Crippen LogP) is 4.05. The molecule has 0 amide bonds. The van der Waals surface area contributed by atoms with Gasteiger partial charge in [0.15, 0.2) is 5.82 Å². The van der Waals surface area contributed by atoms with E-state index >= 15 is 0 Å². The monoisotopic (exact) mass is 407 g/mol. The molecule has 1 aromatic carbocycles. The average Bonchev–Trinajstić information content (AvgIpc) is 3.27. The van der Waals surface area contributed by atoms with Gasteiger partial charge in [-0.1, -0.05) is 48.8 Å². The molecular weight excluding hydrogens is 378 g/mol. The van der Waals surface area contributed by atoms with Crippen LogP contribution in [-0.2, 0) is 4.74 Å². The van der Waals surface area contributed by atoms with Gasteiger partial charge in [-0.2, -0.15) is 4.98 Å². The van der Waals surface area contributed by atoms with Gasteiger partial charge in [0, 0.05) is 37.3 Å². The molecule has 0 aliphatic carbocycles. The molecule has 3 aromatic rings. The van der Waals surface area contributed by atoms with E-state index in [9.17, 15) is 0 Å². The summed E-state index contributed by atoms with van der Waals surface area (Å²) < 4.78 is 11.0. The van der Waals surface area contributed by atoms with E-state index in [2.05, 4.69) is 56.5 Å². The lowest BCUT2D eigenvalue weighted by Crippen LogP contribution is -2.41. The van der Waals surface area contributed by atoms with Crippen LogP contribution < -0.4 is 5.32 Å². The van der Waals surface area contributed by atoms with Crippen molar-refractivity contribution in [1.29, 1.82) is 0 Å². The van der Waals surface area contributed by atoms with Gasteiger partial charge in [0.05, 0.1) is 19.3 Å². The number of anilines is 1. The normalized spacial score (nSPS) is 16.0. The van der Waals surface area contributed by atoms with E-state index in [4.69, 9.17) is 9.26 Å². The van der Waals surface area contributed by atoms with E-state index < -0.39 is 0 Å². The zero-order chi connectivity index (χ0) is 20.9. The second-order valence-corrected chi connectivity index (χ2v) is 8.00. The Hall–Kier alpha value is -2.77. The van der Waals surface area contributed by atoms with Gasteiger partial charge < -0.3 is 14.6 Å². The molecule has 1 aliphatic rings. The number of rotatable bonds is 7. The average molecular weight is 408 g/mol. The van der Waals surface area contributed by atoms with Gasteiger partial charge in [-0.15, -0.1) is 0 Å². The quantitative estimate of drug-likeness (QED) is 0.633. The summed E-state index contributed by atoms with van der Waals surface area (Å²) in [6.07, 6.45) is 1.77. The third-order valence-corrected chi connectivity index (χ3v) is 5.39. The minimum Gasteiger partial charge on any atom is -0.379 e. The van der Waals surface area contributed by atoms with Gasteiger partial charge >= 0.3 is 0 Å². The summed E-state index contributed by atoms with van der Waals surface area (Å²) in [5.41, 5.74) is 3.43. The van der Waals surface area contributed by atoms with E-state index in [1.807, 2.05) is 26.0 Å². The van der Waals surface area contributed by atoms with E-state index in [0.717, 1.165) is 44.2 Å². The lowest BCUT2D eigenvalue weighted by atomic mass is 10.0. The second kappa shape index (κ2) is 9.36. The van der Waals surface area contributed by atoms with Crippen LogP contribution in [-0.4, -0.2) is 52.9 Å². The summed E-state index contributed by atoms with van der Waals surface area (Å²) in [6, 6.07) is 12.9. The number of pyridine rings is 1. The van der Waals surface area contributed by atoms with Crippen LogP contribution in [0.15, 0.2) is 47.1 Å². The lowest BCUT2D eigenvalue weighted by Gasteiger charge is -2.35. The standard InChI is InChI=1S/C23H29N5O2/c1-16(2)22-26-23(30-27-22)19-8-9-24-21(14-19)25-15-20(28-10-12-29-13-11-28)18-6-4-17(3)5-7-18/h4-9,14,16,20H,10-13,15H2,1-3H3,(H,24,25). The first-order chi connectivity index (χ1) is 14.6. The van der Waals surface area contributed by atoms with Crippen LogP contribution in [0.1, 0.15) is 42.8 Å². The zero-order valence-corrected chi connectivity index (χ0v) is 17.8. The Morgan fingerprint density at radius 2 is 1.87 bits per heavy atom. The molecule has 1 unspecified atom stereocenters. The molecule has 7 heteroatoms. The fourth-order valence-electron chi connectivity index (χ4n) is 3.58. The van der Waals surface area contributed by atoms with E-state index in [1.54, 1.807) is 6.20 Å². The van der Waals surface area contributed by atoms with Crippen LogP contribution in [0.3, 0.4) is 0 Å². The third kappa shape index (κ3) is 4.86. The molecule has 4 rings (SSSR count). The minimum atomic E-state index is 0.228. The molecule has 158 valence electrons. The summed E-state index contributed by atoms with van der Waals surface area (Å²) >= 11 is 0. The molecule has 3 heterocycles. The van der Waals surface area contributed by atoms with Crippen molar-refractivity contribution < 1.29 is 9.26 Å². The van der Waals surface area contributed by atoms with Gasteiger partial charge in [-0.05, 0) is 24.6 Å². The maximum absolute atomic E-state index is 5.55. The molecule has 1 N–H and O–H groups in total. The van der Waals surface area contributed by atoms with Crippen LogP contribution in [0.4, 0.5) is 5.82 Å². The molecule has 7 nitrogen and oxygen atoms in total. The number of benzene rings is 1. The molecule has 0 bridgehead atoms. The maximum atomic E-state index is 5.55. The number of hydrogen-bond donors (Lipinski definition) is 1. The molecular formula is C23H29N5O2. The second-order valence-electron chi connectivity index (χ2n) is 8.00. The lowest BCUT2D eigenvalue weighted by molar-refractivity contribution is 0.0187. The summed E-state index contributed by atoms with van der Waals surface area (Å²) in [5, 5.41) is 7.57. The fraction of sp³-hybridized carbons (Fsp3) is 0.435. The molecule has 1 aliphatic heterocycles. The van der Waals surface area contributed by atoms with Crippen LogP contribution in [0, 0.1) is 6.92 Å². The highest BCUT2D eigenvalue weighted by Crippen LogP contribution is 2.25. The van der Waals surface area contributed by atoms with Gasteiger partial charge in [0.2, 0.25) is 0 Å². The van der Waals surface area contributed by atoms with E-state index in [1.165, 1.54) is 11.1 Å². The summed E-state index contributed by atoms with van der Waals surface area (Å²) in [6.45, 7) is 10.3. The Balaban J connectivity index is 1.50. The highest BCUT2D eigenvalue weighted by atomic mass is 16.5. The topological polar surface area (TPSA) is 76.3 Å². The first kappa shape index (κ1) is 20.5. The summed E-state index contributed by atoms with van der Waals surface area (Å²) in [5.74, 6) is 2.25. The number of hydrogen-bond acceptors (Lipinski definition) is 7. The van der Waals surface area contributed by atoms with Crippen molar-refractivity contribution in [1.82, 2.24) is 20.0 Å². The van der Waals surface area contributed by atoms with Crippen molar-refractivity contribution in [2.45, 2.75) is 32.7 Å².